The van der Waals surface area contributed by atoms with Gasteiger partial charge in [0.25, 0.3) is 0 Å². The Morgan fingerprint density at radius 3 is 3.04 bits per heavy atom. The molecule has 3 atom stereocenters. The van der Waals surface area contributed by atoms with E-state index in [1.165, 1.54) is 55.3 Å². The molecule has 1 aromatic carbocycles. The van der Waals surface area contributed by atoms with Gasteiger partial charge in [-0.05, 0) is 83.8 Å². The number of phenols is 1. The van der Waals surface area contributed by atoms with E-state index in [2.05, 4.69) is 33.9 Å². The van der Waals surface area contributed by atoms with Crippen LogP contribution in [-0.4, -0.2) is 22.6 Å². The largest absolute Gasteiger partial charge is 0.508 e. The smallest absolute Gasteiger partial charge is 0.115 e. The van der Waals surface area contributed by atoms with Crippen LogP contribution in [0.15, 0.2) is 35.0 Å². The van der Waals surface area contributed by atoms with E-state index in [-0.39, 0.29) is 0 Å². The molecule has 1 aromatic heterocycles. The van der Waals surface area contributed by atoms with Crippen LogP contribution >= 0.6 is 11.3 Å². The number of piperidine rings is 1. The second kappa shape index (κ2) is 5.60. The minimum absolute atomic E-state index is 0.334. The zero-order valence-electron chi connectivity index (χ0n) is 14.1. The molecule has 1 aliphatic heterocycles. The van der Waals surface area contributed by atoms with Crippen molar-refractivity contribution < 1.29 is 5.11 Å². The number of thiophene rings is 1. The number of rotatable bonds is 2. The average molecular weight is 340 g/mol. The van der Waals surface area contributed by atoms with Crippen molar-refractivity contribution in [1.29, 1.82) is 0 Å². The van der Waals surface area contributed by atoms with Gasteiger partial charge >= 0.3 is 0 Å². The minimum atomic E-state index is 0.334. The van der Waals surface area contributed by atoms with Gasteiger partial charge in [0.2, 0.25) is 0 Å². The molecule has 1 N–H and O–H groups in total. The first kappa shape index (κ1) is 15.0. The second-order valence-electron chi connectivity index (χ2n) is 7.97. The molecular formula is C21H25NOS. The number of aromatic hydroxyl groups is 1. The third-order valence-corrected chi connectivity index (χ3v) is 7.63. The van der Waals surface area contributed by atoms with Crippen LogP contribution in [0.1, 0.15) is 48.8 Å². The number of hydrogen-bond acceptors (Lipinski definition) is 3. The first-order chi connectivity index (χ1) is 11.8. The molecule has 1 saturated carbocycles. The van der Waals surface area contributed by atoms with E-state index in [1.54, 1.807) is 0 Å². The lowest BCUT2D eigenvalue weighted by atomic mass is 9.52. The zero-order chi connectivity index (χ0) is 16.1. The highest BCUT2D eigenvalue weighted by Gasteiger charge is 2.53. The molecule has 0 unspecified atom stereocenters. The molecule has 2 heterocycles. The number of phenolic OH excluding ortho intramolecular Hbond substituents is 1. The number of hydrogen-bond donors (Lipinski definition) is 1. The van der Waals surface area contributed by atoms with Crippen LogP contribution in [0.5, 0.6) is 5.75 Å². The average Bonchev–Trinajstić information content (AvgIpc) is 3.11. The third kappa shape index (κ3) is 2.18. The molecule has 0 amide bonds. The summed E-state index contributed by atoms with van der Waals surface area (Å²) < 4.78 is 0. The van der Waals surface area contributed by atoms with Gasteiger partial charge in [0.1, 0.15) is 5.75 Å². The van der Waals surface area contributed by atoms with Gasteiger partial charge < -0.3 is 5.11 Å². The first-order valence-electron chi connectivity index (χ1n) is 9.34. The molecule has 2 aromatic rings. The molecule has 0 spiro atoms. The third-order valence-electron chi connectivity index (χ3n) is 6.90. The summed E-state index contributed by atoms with van der Waals surface area (Å²) in [6, 6.07) is 9.13. The van der Waals surface area contributed by atoms with Crippen LogP contribution < -0.4 is 0 Å². The predicted octanol–water partition coefficient (Wildman–Crippen LogP) is 4.71. The molecule has 2 aliphatic carbocycles. The summed E-state index contributed by atoms with van der Waals surface area (Å²) in [4.78, 5) is 2.76. The van der Waals surface area contributed by atoms with E-state index in [1.807, 2.05) is 17.4 Å². The van der Waals surface area contributed by atoms with E-state index in [0.29, 0.717) is 17.2 Å². The molecule has 2 bridgehead atoms. The van der Waals surface area contributed by atoms with Crippen LogP contribution in [0.4, 0.5) is 0 Å². The summed E-state index contributed by atoms with van der Waals surface area (Å²) in [7, 11) is 0. The maximum absolute atomic E-state index is 10.1. The van der Waals surface area contributed by atoms with Crippen LogP contribution in [0.3, 0.4) is 0 Å². The van der Waals surface area contributed by atoms with Crippen molar-refractivity contribution in [2.24, 2.45) is 5.92 Å². The zero-order valence-corrected chi connectivity index (χ0v) is 14.9. The molecule has 5 rings (SSSR count). The molecule has 3 aliphatic rings. The van der Waals surface area contributed by atoms with Gasteiger partial charge in [0, 0.05) is 18.0 Å². The fourth-order valence-corrected chi connectivity index (χ4v) is 6.55. The first-order valence-corrected chi connectivity index (χ1v) is 10.3. The summed E-state index contributed by atoms with van der Waals surface area (Å²) in [5, 5.41) is 14.6. The number of likely N-dealkylation sites (tertiary alicyclic amines) is 1. The van der Waals surface area contributed by atoms with E-state index >= 15 is 0 Å². The maximum Gasteiger partial charge on any atom is 0.115 e. The number of fused-ring (bicyclic) bond motifs is 1. The van der Waals surface area contributed by atoms with Crippen LogP contribution in [0.25, 0.3) is 0 Å². The fourth-order valence-electron chi connectivity index (χ4n) is 5.89. The van der Waals surface area contributed by atoms with Crippen molar-refractivity contribution in [1.82, 2.24) is 4.90 Å². The highest BCUT2D eigenvalue weighted by Crippen LogP contribution is 2.56. The van der Waals surface area contributed by atoms with Gasteiger partial charge in [0.05, 0.1) is 0 Å². The lowest BCUT2D eigenvalue weighted by Crippen LogP contribution is -2.60. The summed E-state index contributed by atoms with van der Waals surface area (Å²) in [6.45, 7) is 2.31. The predicted molar refractivity (Wildman–Crippen MR) is 98.6 cm³/mol. The topological polar surface area (TPSA) is 23.5 Å². The standard InChI is InChI=1S/C21H25NOS/c23-17-5-4-16-11-20-18-3-1-2-7-21(18,19(16)12-17)8-9-22(20)13-15-6-10-24-14-15/h4-6,10,12,14,18,20,23H,1-3,7-9,11,13H2/t18-,20+,21+/m0/s1. The molecule has 2 nitrogen and oxygen atoms in total. The van der Waals surface area contributed by atoms with Crippen LogP contribution in [-0.2, 0) is 18.4 Å². The lowest BCUT2D eigenvalue weighted by molar-refractivity contribution is -0.0156. The lowest BCUT2D eigenvalue weighted by Gasteiger charge is -2.59. The number of nitrogens with zero attached hydrogens (tertiary/aromatic N) is 1. The Balaban J connectivity index is 1.56. The molecule has 126 valence electrons. The number of benzene rings is 1. The Morgan fingerprint density at radius 2 is 2.17 bits per heavy atom. The normalized spacial score (nSPS) is 32.2. The quantitative estimate of drug-likeness (QED) is 0.856. The molecule has 24 heavy (non-hydrogen) atoms. The highest BCUT2D eigenvalue weighted by atomic mass is 32.1. The Bertz CT molecular complexity index is 740. The van der Waals surface area contributed by atoms with Crippen molar-refractivity contribution in [2.45, 2.75) is 56.5 Å². The van der Waals surface area contributed by atoms with E-state index < -0.39 is 0 Å². The van der Waals surface area contributed by atoms with Gasteiger partial charge in [-0.25, -0.2) is 0 Å². The second-order valence-corrected chi connectivity index (χ2v) is 8.75. The summed E-state index contributed by atoms with van der Waals surface area (Å²) in [5.74, 6) is 1.22. The maximum atomic E-state index is 10.1. The molecule has 2 fully saturated rings. The van der Waals surface area contributed by atoms with Crippen LogP contribution in [0, 0.1) is 5.92 Å². The minimum Gasteiger partial charge on any atom is -0.508 e. The Hall–Kier alpha value is -1.32. The Morgan fingerprint density at radius 1 is 1.21 bits per heavy atom. The summed E-state index contributed by atoms with van der Waals surface area (Å²) in [5.41, 5.74) is 4.78. The molecule has 3 heteroatoms. The monoisotopic (exact) mass is 339 g/mol. The van der Waals surface area contributed by atoms with Crippen molar-refractivity contribution in [2.75, 3.05) is 6.54 Å². The highest BCUT2D eigenvalue weighted by molar-refractivity contribution is 7.07. The van der Waals surface area contributed by atoms with Gasteiger partial charge in [0.15, 0.2) is 0 Å². The van der Waals surface area contributed by atoms with E-state index in [4.69, 9.17) is 0 Å². The van der Waals surface area contributed by atoms with Crippen molar-refractivity contribution in [3.63, 3.8) is 0 Å². The molecule has 0 radical (unpaired) electrons. The van der Waals surface area contributed by atoms with Gasteiger partial charge in [-0.3, -0.25) is 4.90 Å². The van der Waals surface area contributed by atoms with Gasteiger partial charge in [-0.2, -0.15) is 11.3 Å². The SMILES string of the molecule is Oc1ccc2c(c1)[C@@]13CCCC[C@H]1[C@@H](C2)N(Cc1ccsc1)CC3. The molecular weight excluding hydrogens is 314 g/mol. The molecule has 1 saturated heterocycles. The van der Waals surface area contributed by atoms with Crippen LogP contribution in [0.2, 0.25) is 0 Å². The van der Waals surface area contributed by atoms with Crippen molar-refractivity contribution in [3.8, 4) is 5.75 Å². The summed E-state index contributed by atoms with van der Waals surface area (Å²) in [6.07, 6.45) is 7.82. The summed E-state index contributed by atoms with van der Waals surface area (Å²) >= 11 is 1.81. The van der Waals surface area contributed by atoms with E-state index in [9.17, 15) is 5.11 Å². The van der Waals surface area contributed by atoms with Crippen molar-refractivity contribution >= 4 is 11.3 Å². The fraction of sp³-hybridized carbons (Fsp3) is 0.524. The Kier molecular flexibility index (Phi) is 3.50. The van der Waals surface area contributed by atoms with E-state index in [0.717, 1.165) is 18.9 Å². The Labute approximate surface area is 148 Å². The van der Waals surface area contributed by atoms with Crippen molar-refractivity contribution in [3.05, 3.63) is 51.7 Å². The van der Waals surface area contributed by atoms with Gasteiger partial charge in [-0.15, -0.1) is 0 Å². The van der Waals surface area contributed by atoms with Gasteiger partial charge in [-0.1, -0.05) is 18.9 Å².